The van der Waals surface area contributed by atoms with Gasteiger partial charge in [-0.15, -0.1) is 10.2 Å². The zero-order valence-electron chi connectivity index (χ0n) is 20.3. The number of hydrogen-bond acceptors (Lipinski definition) is 5. The number of fused-ring (bicyclic) bond motifs is 1. The van der Waals surface area contributed by atoms with Crippen molar-refractivity contribution < 1.29 is 35.9 Å². The molecule has 13 heteroatoms. The fourth-order valence-corrected chi connectivity index (χ4v) is 4.10. The molecule has 0 saturated heterocycles. The average molecular weight is 539 g/mol. The molecule has 4 rings (SSSR count). The Morgan fingerprint density at radius 2 is 1.76 bits per heavy atom. The number of rotatable bonds is 7. The SMILES string of the molecule is COc1ccc([C@H](C)N/C(=C\C(=O)N2CCn3c(nnc3C(F)(F)F)C2)Cc2cc(F)c(F)cc2F)cc1. The van der Waals surface area contributed by atoms with Crippen molar-refractivity contribution >= 4 is 5.91 Å². The number of halogens is 6. The number of ether oxygens (including phenoxy) is 1. The van der Waals surface area contributed by atoms with Gasteiger partial charge in [-0.05, 0) is 36.2 Å². The highest BCUT2D eigenvalue weighted by Gasteiger charge is 2.39. The Kier molecular flexibility index (Phi) is 7.65. The molecule has 2 heterocycles. The fraction of sp³-hybridized carbons (Fsp3) is 0.320. The fourth-order valence-electron chi connectivity index (χ4n) is 4.10. The van der Waals surface area contributed by atoms with Gasteiger partial charge in [0.15, 0.2) is 17.5 Å². The third kappa shape index (κ3) is 5.92. The molecule has 202 valence electrons. The molecular formula is C25H23F6N5O2. The first-order valence-electron chi connectivity index (χ1n) is 11.5. The van der Waals surface area contributed by atoms with Crippen LogP contribution in [-0.4, -0.2) is 39.2 Å². The maximum atomic E-state index is 14.4. The molecule has 1 amide bonds. The first-order valence-corrected chi connectivity index (χ1v) is 11.5. The number of methoxy groups -OCH3 is 1. The van der Waals surface area contributed by atoms with Crippen molar-refractivity contribution in [2.24, 2.45) is 0 Å². The van der Waals surface area contributed by atoms with Crippen molar-refractivity contribution in [1.29, 1.82) is 0 Å². The molecule has 0 bridgehead atoms. The number of amides is 1. The number of hydrogen-bond donors (Lipinski definition) is 1. The van der Waals surface area contributed by atoms with Crippen LogP contribution in [0.5, 0.6) is 5.75 Å². The summed E-state index contributed by atoms with van der Waals surface area (Å²) >= 11 is 0. The van der Waals surface area contributed by atoms with Gasteiger partial charge < -0.3 is 19.5 Å². The lowest BCUT2D eigenvalue weighted by atomic mass is 10.0. The zero-order valence-corrected chi connectivity index (χ0v) is 20.3. The van der Waals surface area contributed by atoms with Crippen molar-refractivity contribution in [2.75, 3.05) is 13.7 Å². The topological polar surface area (TPSA) is 72.3 Å². The second-order valence-electron chi connectivity index (χ2n) is 8.69. The summed E-state index contributed by atoms with van der Waals surface area (Å²) in [5, 5.41) is 9.86. The van der Waals surface area contributed by atoms with Crippen LogP contribution in [0.2, 0.25) is 0 Å². The lowest BCUT2D eigenvalue weighted by Gasteiger charge is -2.28. The van der Waals surface area contributed by atoms with E-state index >= 15 is 0 Å². The van der Waals surface area contributed by atoms with E-state index < -0.39 is 41.4 Å². The molecular weight excluding hydrogens is 516 g/mol. The predicted molar refractivity (Wildman–Crippen MR) is 123 cm³/mol. The van der Waals surface area contributed by atoms with E-state index in [1.54, 1.807) is 31.2 Å². The van der Waals surface area contributed by atoms with Crippen LogP contribution >= 0.6 is 0 Å². The molecule has 7 nitrogen and oxygen atoms in total. The van der Waals surface area contributed by atoms with Crippen molar-refractivity contribution in [3.8, 4) is 5.75 Å². The van der Waals surface area contributed by atoms with Gasteiger partial charge in [-0.25, -0.2) is 13.2 Å². The smallest absolute Gasteiger partial charge is 0.451 e. The van der Waals surface area contributed by atoms with Crippen LogP contribution in [0.1, 0.15) is 35.7 Å². The zero-order chi connectivity index (χ0) is 27.6. The van der Waals surface area contributed by atoms with E-state index in [1.807, 2.05) is 0 Å². The summed E-state index contributed by atoms with van der Waals surface area (Å²) in [6.45, 7) is 1.34. The van der Waals surface area contributed by atoms with E-state index in [4.69, 9.17) is 4.74 Å². The first kappa shape index (κ1) is 27.0. The summed E-state index contributed by atoms with van der Waals surface area (Å²) in [5.41, 5.74) is 0.789. The van der Waals surface area contributed by atoms with Crippen LogP contribution in [0.3, 0.4) is 0 Å². The maximum Gasteiger partial charge on any atom is 0.451 e. The van der Waals surface area contributed by atoms with Crippen LogP contribution in [0.4, 0.5) is 26.3 Å². The monoisotopic (exact) mass is 539 g/mol. The quantitative estimate of drug-likeness (QED) is 0.271. The molecule has 1 aliphatic rings. The molecule has 3 aromatic rings. The van der Waals surface area contributed by atoms with E-state index in [1.165, 1.54) is 12.0 Å². The highest BCUT2D eigenvalue weighted by molar-refractivity contribution is 5.88. The van der Waals surface area contributed by atoms with Crippen molar-refractivity contribution in [1.82, 2.24) is 25.0 Å². The molecule has 1 aliphatic heterocycles. The van der Waals surface area contributed by atoms with Crippen LogP contribution < -0.4 is 10.1 Å². The molecule has 1 N–H and O–H groups in total. The molecule has 0 spiro atoms. The number of nitrogens with zero attached hydrogens (tertiary/aromatic N) is 4. The van der Waals surface area contributed by atoms with Gasteiger partial charge in [-0.2, -0.15) is 13.2 Å². The van der Waals surface area contributed by atoms with Gasteiger partial charge in [0.05, 0.1) is 13.7 Å². The molecule has 1 aromatic heterocycles. The molecule has 1 atom stereocenters. The molecule has 0 radical (unpaired) electrons. The van der Waals surface area contributed by atoms with Gasteiger partial charge in [0.1, 0.15) is 11.6 Å². The number of allylic oxidation sites excluding steroid dienone is 1. The lowest BCUT2D eigenvalue weighted by Crippen LogP contribution is -2.39. The minimum atomic E-state index is -4.68. The normalized spacial score (nSPS) is 14.7. The van der Waals surface area contributed by atoms with Crippen LogP contribution in [0, 0.1) is 17.5 Å². The van der Waals surface area contributed by atoms with Gasteiger partial charge in [-0.3, -0.25) is 4.79 Å². The van der Waals surface area contributed by atoms with Crippen LogP contribution in [0.25, 0.3) is 0 Å². The summed E-state index contributed by atoms with van der Waals surface area (Å²) in [7, 11) is 1.52. The third-order valence-electron chi connectivity index (χ3n) is 6.10. The number of carbonyl (C=O) groups excluding carboxylic acids is 1. The highest BCUT2D eigenvalue weighted by atomic mass is 19.4. The van der Waals surface area contributed by atoms with E-state index in [0.717, 1.165) is 16.2 Å². The van der Waals surface area contributed by atoms with Crippen molar-refractivity contribution in [3.63, 3.8) is 0 Å². The largest absolute Gasteiger partial charge is 0.497 e. The predicted octanol–water partition coefficient (Wildman–Crippen LogP) is 4.54. The number of aromatic nitrogens is 3. The van der Waals surface area contributed by atoms with E-state index in [2.05, 4.69) is 15.5 Å². The molecule has 38 heavy (non-hydrogen) atoms. The third-order valence-corrected chi connectivity index (χ3v) is 6.10. The van der Waals surface area contributed by atoms with Gasteiger partial charge in [0, 0.05) is 43.4 Å². The van der Waals surface area contributed by atoms with Gasteiger partial charge in [0.2, 0.25) is 11.7 Å². The van der Waals surface area contributed by atoms with Gasteiger partial charge >= 0.3 is 6.18 Å². The van der Waals surface area contributed by atoms with Gasteiger partial charge in [-0.1, -0.05) is 12.1 Å². The Morgan fingerprint density at radius 3 is 2.42 bits per heavy atom. The summed E-state index contributed by atoms with van der Waals surface area (Å²) in [5.74, 6) is -4.71. The summed E-state index contributed by atoms with van der Waals surface area (Å²) < 4.78 is 87.1. The Hall–Kier alpha value is -4.03. The highest BCUT2D eigenvalue weighted by Crippen LogP contribution is 2.29. The Bertz CT molecular complexity index is 1350. The molecule has 0 fully saturated rings. The number of nitrogens with one attached hydrogen (secondary N) is 1. The van der Waals surface area contributed by atoms with E-state index in [0.29, 0.717) is 17.9 Å². The van der Waals surface area contributed by atoms with Gasteiger partial charge in [0.25, 0.3) is 0 Å². The Morgan fingerprint density at radius 1 is 1.08 bits per heavy atom. The van der Waals surface area contributed by atoms with Crippen LogP contribution in [-0.2, 0) is 30.5 Å². The number of benzene rings is 2. The van der Waals surface area contributed by atoms with E-state index in [9.17, 15) is 31.1 Å². The minimum Gasteiger partial charge on any atom is -0.497 e. The number of carbonyl (C=O) groups is 1. The second kappa shape index (κ2) is 10.8. The second-order valence-corrected chi connectivity index (χ2v) is 8.69. The summed E-state index contributed by atoms with van der Waals surface area (Å²) in [6, 6.07) is 7.77. The van der Waals surface area contributed by atoms with Crippen molar-refractivity contribution in [3.05, 3.63) is 88.4 Å². The minimum absolute atomic E-state index is 0.0296. The standard InChI is InChI=1S/C25H23F6N5O2/c1-14(15-3-5-18(38-2)6-4-15)32-17(9-16-10-20(27)21(28)12-19(16)26)11-23(37)35-7-8-36-22(13-35)33-34-24(36)25(29,30)31/h3-6,10-12,14,32H,7-9,13H2,1-2H3/b17-11-/t14-/m0/s1. The average Bonchev–Trinajstić information content (AvgIpc) is 3.31. The molecule has 0 aliphatic carbocycles. The van der Waals surface area contributed by atoms with E-state index in [-0.39, 0.29) is 43.1 Å². The molecule has 0 saturated carbocycles. The maximum absolute atomic E-state index is 14.4. The number of alkyl halides is 3. The summed E-state index contributed by atoms with van der Waals surface area (Å²) in [6.07, 6.45) is -3.80. The van der Waals surface area contributed by atoms with Crippen molar-refractivity contribution in [2.45, 2.75) is 38.7 Å². The molecule has 2 aromatic carbocycles. The Labute approximate surface area is 213 Å². The van der Waals surface area contributed by atoms with Crippen LogP contribution in [0.15, 0.2) is 48.2 Å². The molecule has 0 unspecified atom stereocenters. The summed E-state index contributed by atoms with van der Waals surface area (Å²) in [4.78, 5) is 14.4. The first-order chi connectivity index (χ1) is 18.0. The Balaban J connectivity index is 1.59. The lowest BCUT2D eigenvalue weighted by molar-refractivity contribution is -0.148.